The van der Waals surface area contributed by atoms with E-state index in [4.69, 9.17) is 9.47 Å². The van der Waals surface area contributed by atoms with Gasteiger partial charge in [0.1, 0.15) is 11.9 Å². The van der Waals surface area contributed by atoms with E-state index >= 15 is 0 Å². The molecule has 1 aromatic rings. The monoisotopic (exact) mass is 336 g/mol. The molecule has 1 aromatic carbocycles. The molecule has 1 saturated heterocycles. The van der Waals surface area contributed by atoms with E-state index in [9.17, 15) is 9.18 Å². The SMILES string of the molecule is CC(OCC1CCCCO1)C(=O)Nc1ccc2c(c1F)CCNC2. The number of benzene rings is 1. The van der Waals surface area contributed by atoms with Crippen LogP contribution in [0.1, 0.15) is 37.3 Å². The Morgan fingerprint density at radius 1 is 1.50 bits per heavy atom. The van der Waals surface area contributed by atoms with Gasteiger partial charge in [0.25, 0.3) is 5.91 Å². The summed E-state index contributed by atoms with van der Waals surface area (Å²) >= 11 is 0. The lowest BCUT2D eigenvalue weighted by Gasteiger charge is -2.24. The number of carbonyl (C=O) groups excluding carboxylic acids is 1. The first-order valence-corrected chi connectivity index (χ1v) is 8.70. The Hall–Kier alpha value is -1.50. The quantitative estimate of drug-likeness (QED) is 0.867. The number of amides is 1. The lowest BCUT2D eigenvalue weighted by Crippen LogP contribution is -2.33. The van der Waals surface area contributed by atoms with Crippen LogP contribution in [0.15, 0.2) is 12.1 Å². The van der Waals surface area contributed by atoms with Gasteiger partial charge in [0, 0.05) is 13.2 Å². The maximum Gasteiger partial charge on any atom is 0.253 e. The van der Waals surface area contributed by atoms with Crippen molar-refractivity contribution >= 4 is 11.6 Å². The van der Waals surface area contributed by atoms with E-state index in [-0.39, 0.29) is 23.5 Å². The minimum atomic E-state index is -0.646. The molecule has 0 radical (unpaired) electrons. The van der Waals surface area contributed by atoms with Gasteiger partial charge in [-0.3, -0.25) is 4.79 Å². The number of hydrogen-bond acceptors (Lipinski definition) is 4. The highest BCUT2D eigenvalue weighted by Crippen LogP contribution is 2.24. The molecule has 0 saturated carbocycles. The third-order valence-electron chi connectivity index (χ3n) is 4.64. The summed E-state index contributed by atoms with van der Waals surface area (Å²) in [4.78, 5) is 12.2. The number of fused-ring (bicyclic) bond motifs is 1. The molecule has 0 aromatic heterocycles. The van der Waals surface area contributed by atoms with Gasteiger partial charge in [0.15, 0.2) is 0 Å². The third kappa shape index (κ3) is 4.12. The van der Waals surface area contributed by atoms with Crippen molar-refractivity contribution in [2.75, 3.05) is 25.1 Å². The van der Waals surface area contributed by atoms with Gasteiger partial charge in [-0.05, 0) is 56.3 Å². The van der Waals surface area contributed by atoms with Crippen molar-refractivity contribution in [3.8, 4) is 0 Å². The van der Waals surface area contributed by atoms with Crippen molar-refractivity contribution in [2.24, 2.45) is 0 Å². The summed E-state index contributed by atoms with van der Waals surface area (Å²) in [6, 6.07) is 3.48. The molecule has 5 nitrogen and oxygen atoms in total. The lowest BCUT2D eigenvalue weighted by atomic mass is 9.99. The van der Waals surface area contributed by atoms with Crippen LogP contribution in [0.5, 0.6) is 0 Å². The highest BCUT2D eigenvalue weighted by Gasteiger charge is 2.21. The highest BCUT2D eigenvalue weighted by molar-refractivity contribution is 5.94. The predicted octanol–water partition coefficient (Wildman–Crippen LogP) is 2.38. The van der Waals surface area contributed by atoms with Crippen LogP contribution < -0.4 is 10.6 Å². The molecule has 2 aliphatic rings. The van der Waals surface area contributed by atoms with Crippen LogP contribution in [-0.2, 0) is 27.2 Å². The summed E-state index contributed by atoms with van der Waals surface area (Å²) in [5.74, 6) is -0.663. The molecular formula is C18H25FN2O3. The summed E-state index contributed by atoms with van der Waals surface area (Å²) in [7, 11) is 0. The van der Waals surface area contributed by atoms with Gasteiger partial charge >= 0.3 is 0 Å². The molecule has 2 aliphatic heterocycles. The van der Waals surface area contributed by atoms with Crippen LogP contribution in [0, 0.1) is 5.82 Å². The number of rotatable bonds is 5. The van der Waals surface area contributed by atoms with Crippen LogP contribution in [0.2, 0.25) is 0 Å². The molecule has 0 spiro atoms. The molecule has 2 atom stereocenters. The Balaban J connectivity index is 1.55. The van der Waals surface area contributed by atoms with Gasteiger partial charge in [-0.25, -0.2) is 4.39 Å². The molecule has 2 unspecified atom stereocenters. The topological polar surface area (TPSA) is 59.6 Å². The molecule has 2 N–H and O–H groups in total. The fraction of sp³-hybridized carbons (Fsp3) is 0.611. The first-order valence-electron chi connectivity index (χ1n) is 8.70. The Morgan fingerprint density at radius 2 is 2.38 bits per heavy atom. The van der Waals surface area contributed by atoms with E-state index in [0.29, 0.717) is 25.1 Å². The number of carbonyl (C=O) groups is 1. The Kier molecular flexibility index (Phi) is 5.81. The van der Waals surface area contributed by atoms with Gasteiger partial charge in [0.05, 0.1) is 18.4 Å². The number of halogens is 1. The van der Waals surface area contributed by atoms with E-state index in [1.54, 1.807) is 13.0 Å². The largest absolute Gasteiger partial charge is 0.376 e. The normalized spacial score (nSPS) is 21.8. The Labute approximate surface area is 141 Å². The van der Waals surface area contributed by atoms with Crippen molar-refractivity contribution in [1.29, 1.82) is 0 Å². The number of ether oxygens (including phenoxy) is 2. The lowest BCUT2D eigenvalue weighted by molar-refractivity contribution is -0.130. The van der Waals surface area contributed by atoms with Gasteiger partial charge in [-0.1, -0.05) is 6.07 Å². The zero-order chi connectivity index (χ0) is 16.9. The second-order valence-corrected chi connectivity index (χ2v) is 6.44. The second-order valence-electron chi connectivity index (χ2n) is 6.44. The van der Waals surface area contributed by atoms with E-state index in [1.807, 2.05) is 6.07 Å². The summed E-state index contributed by atoms with van der Waals surface area (Å²) in [5, 5.41) is 5.86. The smallest absolute Gasteiger partial charge is 0.253 e. The molecule has 2 heterocycles. The highest BCUT2D eigenvalue weighted by atomic mass is 19.1. The first kappa shape index (κ1) is 17.3. The molecule has 24 heavy (non-hydrogen) atoms. The summed E-state index contributed by atoms with van der Waals surface area (Å²) in [5.41, 5.74) is 1.87. The molecule has 6 heteroatoms. The number of anilines is 1. The van der Waals surface area contributed by atoms with Gasteiger partial charge in [0.2, 0.25) is 0 Å². The van der Waals surface area contributed by atoms with Gasteiger partial charge < -0.3 is 20.1 Å². The minimum Gasteiger partial charge on any atom is -0.376 e. The Bertz CT molecular complexity index is 588. The van der Waals surface area contributed by atoms with E-state index in [0.717, 1.165) is 38.0 Å². The first-order chi connectivity index (χ1) is 11.6. The number of hydrogen-bond donors (Lipinski definition) is 2. The van der Waals surface area contributed by atoms with Crippen LogP contribution in [0.25, 0.3) is 0 Å². The zero-order valence-corrected chi connectivity index (χ0v) is 14.1. The van der Waals surface area contributed by atoms with E-state index in [1.165, 1.54) is 0 Å². The van der Waals surface area contributed by atoms with Crippen molar-refractivity contribution < 1.29 is 18.7 Å². The van der Waals surface area contributed by atoms with Crippen LogP contribution in [-0.4, -0.2) is 37.9 Å². The van der Waals surface area contributed by atoms with Crippen LogP contribution >= 0.6 is 0 Å². The predicted molar refractivity (Wildman–Crippen MR) is 89.4 cm³/mol. The molecule has 1 amide bonds. The van der Waals surface area contributed by atoms with E-state index in [2.05, 4.69) is 10.6 Å². The summed E-state index contributed by atoms with van der Waals surface area (Å²) in [6.07, 6.45) is 3.22. The van der Waals surface area contributed by atoms with Gasteiger partial charge in [-0.2, -0.15) is 0 Å². The molecule has 3 rings (SSSR count). The molecule has 0 aliphatic carbocycles. The van der Waals surface area contributed by atoms with Crippen molar-refractivity contribution in [1.82, 2.24) is 5.32 Å². The van der Waals surface area contributed by atoms with Gasteiger partial charge in [-0.15, -0.1) is 0 Å². The third-order valence-corrected chi connectivity index (χ3v) is 4.64. The van der Waals surface area contributed by atoms with Crippen LogP contribution in [0.4, 0.5) is 10.1 Å². The molecular weight excluding hydrogens is 311 g/mol. The zero-order valence-electron chi connectivity index (χ0n) is 14.1. The summed E-state index contributed by atoms with van der Waals surface area (Å²) in [6.45, 7) is 4.25. The fourth-order valence-electron chi connectivity index (χ4n) is 3.13. The summed E-state index contributed by atoms with van der Waals surface area (Å²) < 4.78 is 25.7. The fourth-order valence-corrected chi connectivity index (χ4v) is 3.13. The standard InChI is InChI=1S/C18H25FN2O3/c1-12(24-11-14-4-2-3-9-23-14)18(22)21-16-6-5-13-10-20-8-7-15(13)17(16)19/h5-6,12,14,20H,2-4,7-11H2,1H3,(H,21,22). The molecule has 132 valence electrons. The Morgan fingerprint density at radius 3 is 3.17 bits per heavy atom. The molecule has 1 fully saturated rings. The maximum absolute atomic E-state index is 14.6. The average molecular weight is 336 g/mol. The molecule has 0 bridgehead atoms. The van der Waals surface area contributed by atoms with Crippen molar-refractivity contribution in [3.63, 3.8) is 0 Å². The second kappa shape index (κ2) is 8.05. The van der Waals surface area contributed by atoms with E-state index < -0.39 is 6.10 Å². The van der Waals surface area contributed by atoms with Crippen molar-refractivity contribution in [3.05, 3.63) is 29.1 Å². The number of nitrogens with one attached hydrogen (secondary N) is 2. The van der Waals surface area contributed by atoms with Crippen molar-refractivity contribution in [2.45, 2.75) is 51.4 Å². The van der Waals surface area contributed by atoms with Crippen LogP contribution in [0.3, 0.4) is 0 Å². The minimum absolute atomic E-state index is 0.0574. The average Bonchev–Trinajstić information content (AvgIpc) is 2.63. The maximum atomic E-state index is 14.6.